The molecule has 5 nitrogen and oxygen atoms in total. The van der Waals surface area contributed by atoms with Crippen molar-refractivity contribution in [3.63, 3.8) is 0 Å². The van der Waals surface area contributed by atoms with Gasteiger partial charge in [-0.2, -0.15) is 0 Å². The Morgan fingerprint density at radius 3 is 2.44 bits per heavy atom. The number of anilines is 3. The van der Waals surface area contributed by atoms with E-state index in [-0.39, 0.29) is 11.7 Å². The van der Waals surface area contributed by atoms with E-state index >= 15 is 0 Å². The minimum absolute atomic E-state index is 0.0953. The quantitative estimate of drug-likeness (QED) is 0.420. The van der Waals surface area contributed by atoms with E-state index in [9.17, 15) is 9.90 Å². The van der Waals surface area contributed by atoms with Crippen LogP contribution in [-0.2, 0) is 0 Å². The molecule has 0 bridgehead atoms. The third-order valence-electron chi connectivity index (χ3n) is 6.29. The molecule has 0 atom stereocenters. The Balaban J connectivity index is 1.51. The zero-order valence-electron chi connectivity index (χ0n) is 18.1. The predicted octanol–water partition coefficient (Wildman–Crippen LogP) is 5.21. The number of hydrogen-bond donors (Lipinski definition) is 3. The first kappa shape index (κ1) is 20.3. The summed E-state index contributed by atoms with van der Waals surface area (Å²) in [5.41, 5.74) is 5.81. The van der Waals surface area contributed by atoms with Crippen LogP contribution in [0.1, 0.15) is 18.4 Å². The van der Waals surface area contributed by atoms with Crippen LogP contribution in [0.3, 0.4) is 0 Å². The number of para-hydroxylation sites is 2. The third kappa shape index (κ3) is 3.99. The molecule has 0 aliphatic carbocycles. The van der Waals surface area contributed by atoms with Crippen LogP contribution in [0.2, 0.25) is 0 Å². The summed E-state index contributed by atoms with van der Waals surface area (Å²) in [6, 6.07) is 24.3. The zero-order valence-corrected chi connectivity index (χ0v) is 18.1. The highest BCUT2D eigenvalue weighted by Gasteiger charge is 2.18. The maximum atomic E-state index is 13.0. The Kier molecular flexibility index (Phi) is 5.41. The number of rotatable bonds is 4. The molecule has 1 aliphatic heterocycles. The Labute approximate surface area is 187 Å². The largest absolute Gasteiger partial charge is 0.393 e. The van der Waals surface area contributed by atoms with Crippen molar-refractivity contribution in [2.45, 2.75) is 25.9 Å². The molecule has 1 saturated heterocycles. The number of nitrogens with one attached hydrogen (secondary N) is 2. The van der Waals surface area contributed by atoms with E-state index in [4.69, 9.17) is 0 Å². The predicted molar refractivity (Wildman–Crippen MR) is 132 cm³/mol. The van der Waals surface area contributed by atoms with Gasteiger partial charge >= 0.3 is 0 Å². The molecule has 4 aromatic rings. The van der Waals surface area contributed by atoms with Crippen LogP contribution in [0, 0.1) is 6.92 Å². The van der Waals surface area contributed by atoms with E-state index < -0.39 is 0 Å². The van der Waals surface area contributed by atoms with Gasteiger partial charge in [0.1, 0.15) is 0 Å². The molecule has 3 aromatic carbocycles. The summed E-state index contributed by atoms with van der Waals surface area (Å²) in [5.74, 6) is 0. The van der Waals surface area contributed by atoms with Crippen molar-refractivity contribution in [1.29, 1.82) is 0 Å². The SMILES string of the molecule is Cc1ccccc1Nc1ccccc1-c1cc2ccc(N3CCC(O)CC3)cc2c(=O)[nH]1. The number of H-pyrrole nitrogens is 1. The van der Waals surface area contributed by atoms with Gasteiger partial charge in [0.15, 0.2) is 0 Å². The molecular weight excluding hydrogens is 398 g/mol. The number of hydrogen-bond acceptors (Lipinski definition) is 4. The number of aliphatic hydroxyl groups is 1. The summed E-state index contributed by atoms with van der Waals surface area (Å²) < 4.78 is 0. The second-order valence-electron chi connectivity index (χ2n) is 8.49. The molecule has 32 heavy (non-hydrogen) atoms. The van der Waals surface area contributed by atoms with Gasteiger partial charge in [-0.1, -0.05) is 42.5 Å². The smallest absolute Gasteiger partial charge is 0.256 e. The van der Waals surface area contributed by atoms with Crippen molar-refractivity contribution in [3.8, 4) is 11.3 Å². The van der Waals surface area contributed by atoms with Crippen LogP contribution in [0.15, 0.2) is 77.6 Å². The lowest BCUT2D eigenvalue weighted by Gasteiger charge is -2.31. The molecule has 5 heteroatoms. The first-order valence-electron chi connectivity index (χ1n) is 11.1. The van der Waals surface area contributed by atoms with Crippen LogP contribution in [-0.4, -0.2) is 29.3 Å². The minimum Gasteiger partial charge on any atom is -0.393 e. The summed E-state index contributed by atoms with van der Waals surface area (Å²) in [6.07, 6.45) is 1.31. The van der Waals surface area contributed by atoms with Crippen molar-refractivity contribution >= 4 is 27.8 Å². The summed E-state index contributed by atoms with van der Waals surface area (Å²) in [6.45, 7) is 3.69. The monoisotopic (exact) mass is 425 g/mol. The summed E-state index contributed by atoms with van der Waals surface area (Å²) >= 11 is 0. The third-order valence-corrected chi connectivity index (χ3v) is 6.29. The molecule has 0 spiro atoms. The van der Waals surface area contributed by atoms with Crippen LogP contribution >= 0.6 is 0 Å². The number of aromatic amines is 1. The van der Waals surface area contributed by atoms with Gasteiger partial charge in [0.2, 0.25) is 0 Å². The van der Waals surface area contributed by atoms with E-state index in [2.05, 4.69) is 40.3 Å². The Morgan fingerprint density at radius 1 is 0.938 bits per heavy atom. The molecule has 2 heterocycles. The fourth-order valence-electron chi connectivity index (χ4n) is 4.40. The van der Waals surface area contributed by atoms with Crippen LogP contribution in [0.4, 0.5) is 17.1 Å². The highest BCUT2D eigenvalue weighted by molar-refractivity contribution is 5.90. The first-order valence-corrected chi connectivity index (χ1v) is 11.1. The Morgan fingerprint density at radius 2 is 1.66 bits per heavy atom. The van der Waals surface area contributed by atoms with Crippen molar-refractivity contribution < 1.29 is 5.11 Å². The second kappa shape index (κ2) is 8.52. The highest BCUT2D eigenvalue weighted by atomic mass is 16.3. The summed E-state index contributed by atoms with van der Waals surface area (Å²) in [5, 5.41) is 14.9. The van der Waals surface area contributed by atoms with Crippen molar-refractivity contribution in [3.05, 3.63) is 88.7 Å². The fraction of sp³-hybridized carbons (Fsp3) is 0.222. The van der Waals surface area contributed by atoms with Gasteiger partial charge in [-0.05, 0) is 61.0 Å². The number of aliphatic hydroxyl groups excluding tert-OH is 1. The molecule has 0 saturated carbocycles. The molecule has 0 radical (unpaired) electrons. The number of fused-ring (bicyclic) bond motifs is 1. The number of benzene rings is 3. The van der Waals surface area contributed by atoms with Crippen LogP contribution in [0.5, 0.6) is 0 Å². The fourth-order valence-corrected chi connectivity index (χ4v) is 4.40. The molecule has 1 aliphatic rings. The molecule has 1 aromatic heterocycles. The maximum Gasteiger partial charge on any atom is 0.256 e. The Bertz CT molecular complexity index is 1320. The second-order valence-corrected chi connectivity index (χ2v) is 8.49. The molecule has 0 unspecified atom stereocenters. The van der Waals surface area contributed by atoms with E-state index in [0.29, 0.717) is 5.39 Å². The van der Waals surface area contributed by atoms with Crippen LogP contribution in [0.25, 0.3) is 22.0 Å². The number of piperidine rings is 1. The van der Waals surface area contributed by atoms with E-state index in [0.717, 1.165) is 65.2 Å². The van der Waals surface area contributed by atoms with Gasteiger partial charge in [-0.3, -0.25) is 4.79 Å². The maximum absolute atomic E-state index is 13.0. The van der Waals surface area contributed by atoms with Gasteiger partial charge in [0, 0.05) is 41.1 Å². The molecule has 3 N–H and O–H groups in total. The number of nitrogens with zero attached hydrogens (tertiary/aromatic N) is 1. The van der Waals surface area contributed by atoms with Gasteiger partial charge in [0.05, 0.1) is 11.8 Å². The van der Waals surface area contributed by atoms with Gasteiger partial charge < -0.3 is 20.3 Å². The highest BCUT2D eigenvalue weighted by Crippen LogP contribution is 2.31. The topological polar surface area (TPSA) is 68.4 Å². The molecule has 0 amide bonds. The summed E-state index contributed by atoms with van der Waals surface area (Å²) in [4.78, 5) is 18.4. The van der Waals surface area contributed by atoms with Gasteiger partial charge in [-0.15, -0.1) is 0 Å². The van der Waals surface area contributed by atoms with Crippen molar-refractivity contribution in [2.24, 2.45) is 0 Å². The number of pyridine rings is 1. The lowest BCUT2D eigenvalue weighted by atomic mass is 10.0. The standard InChI is InChI=1S/C27H27N3O2/c1-18-6-2-4-8-24(18)28-25-9-5-3-7-22(25)26-16-19-10-11-20(17-23(19)27(32)29-26)30-14-12-21(31)13-15-30/h2-11,16-17,21,28,31H,12-15H2,1H3,(H,29,32). The van der Waals surface area contributed by atoms with Gasteiger partial charge in [0.25, 0.3) is 5.56 Å². The van der Waals surface area contributed by atoms with Crippen molar-refractivity contribution in [2.75, 3.05) is 23.3 Å². The number of aromatic nitrogens is 1. The lowest BCUT2D eigenvalue weighted by Crippen LogP contribution is -2.35. The average Bonchev–Trinajstić information content (AvgIpc) is 2.81. The minimum atomic E-state index is -0.217. The lowest BCUT2D eigenvalue weighted by molar-refractivity contribution is 0.145. The van der Waals surface area contributed by atoms with E-state index in [1.807, 2.05) is 54.6 Å². The van der Waals surface area contributed by atoms with Crippen molar-refractivity contribution in [1.82, 2.24) is 4.98 Å². The van der Waals surface area contributed by atoms with Gasteiger partial charge in [-0.25, -0.2) is 0 Å². The Hall–Kier alpha value is -3.57. The number of aryl methyl sites for hydroxylation is 1. The average molecular weight is 426 g/mol. The van der Waals surface area contributed by atoms with E-state index in [1.165, 1.54) is 0 Å². The molecule has 5 rings (SSSR count). The molecule has 162 valence electrons. The van der Waals surface area contributed by atoms with E-state index in [1.54, 1.807) is 0 Å². The molecule has 1 fully saturated rings. The molecular formula is C27H27N3O2. The first-order chi connectivity index (χ1) is 15.6. The normalized spacial score (nSPS) is 14.6. The zero-order chi connectivity index (χ0) is 22.1. The van der Waals surface area contributed by atoms with Crippen LogP contribution < -0.4 is 15.8 Å². The summed E-state index contributed by atoms with van der Waals surface area (Å²) in [7, 11) is 0.